The molecule has 0 aliphatic heterocycles. The van der Waals surface area contributed by atoms with Crippen molar-refractivity contribution in [2.75, 3.05) is 0 Å². The molecule has 0 saturated carbocycles. The topological polar surface area (TPSA) is 84.1 Å². The number of nitrogens with zero attached hydrogens (tertiary/aromatic N) is 1. The number of hydrogen-bond donors (Lipinski definition) is 2. The van der Waals surface area contributed by atoms with Crippen LogP contribution >= 0.6 is 0 Å². The first-order valence-corrected chi connectivity index (χ1v) is 6.66. The fraction of sp³-hybridized carbons (Fsp3) is 0.643. The van der Waals surface area contributed by atoms with Crippen molar-refractivity contribution < 1.29 is 14.3 Å². The maximum atomic E-state index is 12.1. The van der Waals surface area contributed by atoms with Crippen LogP contribution in [0.15, 0.2) is 6.07 Å². The number of aryl methyl sites for hydroxylation is 1. The normalized spacial score (nSPS) is 13.2. The molecule has 0 aliphatic carbocycles. The minimum absolute atomic E-state index is 0.0751. The highest BCUT2D eigenvalue weighted by Crippen LogP contribution is 2.13. The monoisotopic (exact) mass is 281 g/mol. The largest absolute Gasteiger partial charge is 0.458 e. The van der Waals surface area contributed by atoms with E-state index < -0.39 is 17.6 Å². The molecule has 20 heavy (non-hydrogen) atoms. The number of rotatable bonds is 4. The second-order valence-corrected chi connectivity index (χ2v) is 6.16. The second kappa shape index (κ2) is 6.07. The molecular weight excluding hydrogens is 258 g/mol. The highest BCUT2D eigenvalue weighted by Gasteiger charge is 2.29. The van der Waals surface area contributed by atoms with Gasteiger partial charge in [-0.25, -0.2) is 4.79 Å². The Bertz CT molecular complexity index is 486. The fourth-order valence-corrected chi connectivity index (χ4v) is 1.61. The van der Waals surface area contributed by atoms with Gasteiger partial charge >= 0.3 is 5.97 Å². The van der Waals surface area contributed by atoms with Gasteiger partial charge in [-0.05, 0) is 39.7 Å². The van der Waals surface area contributed by atoms with Crippen LogP contribution in [0, 0.1) is 12.8 Å². The first kappa shape index (κ1) is 16.2. The second-order valence-electron chi connectivity index (χ2n) is 6.16. The van der Waals surface area contributed by atoms with Gasteiger partial charge in [-0.1, -0.05) is 13.8 Å². The summed E-state index contributed by atoms with van der Waals surface area (Å²) < 4.78 is 5.32. The first-order chi connectivity index (χ1) is 9.10. The molecule has 0 radical (unpaired) electrons. The highest BCUT2D eigenvalue weighted by molar-refractivity contribution is 5.95. The van der Waals surface area contributed by atoms with Crippen LogP contribution in [-0.2, 0) is 9.53 Å². The van der Waals surface area contributed by atoms with E-state index in [9.17, 15) is 9.59 Å². The summed E-state index contributed by atoms with van der Waals surface area (Å²) in [6.07, 6.45) is 0. The van der Waals surface area contributed by atoms with E-state index in [2.05, 4.69) is 15.5 Å². The number of amides is 1. The zero-order valence-electron chi connectivity index (χ0n) is 12.9. The first-order valence-electron chi connectivity index (χ1n) is 6.66. The fourth-order valence-electron chi connectivity index (χ4n) is 1.61. The highest BCUT2D eigenvalue weighted by atomic mass is 16.6. The smallest absolute Gasteiger partial charge is 0.329 e. The molecule has 2 N–H and O–H groups in total. The molecule has 0 fully saturated rings. The lowest BCUT2D eigenvalue weighted by atomic mass is 10.0. The molecule has 0 unspecified atom stereocenters. The lowest BCUT2D eigenvalue weighted by Crippen LogP contribution is -2.47. The Hall–Kier alpha value is -1.85. The van der Waals surface area contributed by atoms with E-state index >= 15 is 0 Å². The van der Waals surface area contributed by atoms with Crippen LogP contribution in [0.5, 0.6) is 0 Å². The van der Waals surface area contributed by atoms with E-state index in [4.69, 9.17) is 4.74 Å². The lowest BCUT2D eigenvalue weighted by Gasteiger charge is -2.26. The number of aromatic amines is 1. The van der Waals surface area contributed by atoms with E-state index in [-0.39, 0.29) is 17.5 Å². The maximum absolute atomic E-state index is 12.1. The summed E-state index contributed by atoms with van der Waals surface area (Å²) in [6, 6.07) is 0.931. The molecule has 0 aromatic carbocycles. The molecule has 1 aromatic heterocycles. The van der Waals surface area contributed by atoms with Crippen molar-refractivity contribution in [3.8, 4) is 0 Å². The molecule has 1 aromatic rings. The molecule has 1 atom stereocenters. The summed E-state index contributed by atoms with van der Waals surface area (Å²) in [5.74, 6) is -0.902. The van der Waals surface area contributed by atoms with Gasteiger partial charge in [-0.3, -0.25) is 9.89 Å². The molecule has 112 valence electrons. The number of carbonyl (C=O) groups excluding carboxylic acids is 2. The Morgan fingerprint density at radius 2 is 1.95 bits per heavy atom. The van der Waals surface area contributed by atoms with Gasteiger partial charge in [0.2, 0.25) is 0 Å². The standard InChI is InChI=1S/C14H23N3O3/c1-8(2)11(13(19)20-14(4,5)6)15-12(18)10-7-9(3)16-17-10/h7-8,11H,1-6H3,(H,15,18)(H,16,17)/t11-/m0/s1. The predicted molar refractivity (Wildman–Crippen MR) is 75.3 cm³/mol. The molecule has 6 nitrogen and oxygen atoms in total. The van der Waals surface area contributed by atoms with Crippen LogP contribution in [0.25, 0.3) is 0 Å². The van der Waals surface area contributed by atoms with E-state index in [1.165, 1.54) is 0 Å². The number of carbonyl (C=O) groups is 2. The molecule has 1 heterocycles. The van der Waals surface area contributed by atoms with Crippen LogP contribution in [0.1, 0.15) is 50.8 Å². The Labute approximate surface area is 119 Å². The van der Waals surface area contributed by atoms with Crippen molar-refractivity contribution >= 4 is 11.9 Å². The van der Waals surface area contributed by atoms with Crippen LogP contribution in [0.3, 0.4) is 0 Å². The minimum atomic E-state index is -0.696. The number of aromatic nitrogens is 2. The van der Waals surface area contributed by atoms with Crippen molar-refractivity contribution in [1.82, 2.24) is 15.5 Å². The summed E-state index contributed by atoms with van der Waals surface area (Å²) in [6.45, 7) is 10.9. The summed E-state index contributed by atoms with van der Waals surface area (Å²) in [5.41, 5.74) is 0.461. The summed E-state index contributed by atoms with van der Waals surface area (Å²) >= 11 is 0. The molecule has 1 amide bonds. The lowest BCUT2D eigenvalue weighted by molar-refractivity contribution is -0.158. The van der Waals surface area contributed by atoms with E-state index in [1.807, 2.05) is 13.8 Å². The number of esters is 1. The molecule has 6 heteroatoms. The van der Waals surface area contributed by atoms with Gasteiger partial charge in [0, 0.05) is 5.69 Å². The molecule has 0 spiro atoms. The zero-order valence-corrected chi connectivity index (χ0v) is 12.9. The van der Waals surface area contributed by atoms with Gasteiger partial charge in [-0.15, -0.1) is 0 Å². The average Bonchev–Trinajstić information content (AvgIpc) is 2.69. The Balaban J connectivity index is 2.77. The number of ether oxygens (including phenoxy) is 1. The van der Waals surface area contributed by atoms with Gasteiger partial charge in [0.15, 0.2) is 0 Å². The van der Waals surface area contributed by atoms with Crippen LogP contribution in [0.4, 0.5) is 0 Å². The van der Waals surface area contributed by atoms with Gasteiger partial charge in [-0.2, -0.15) is 5.10 Å². The molecule has 0 saturated heterocycles. The summed E-state index contributed by atoms with van der Waals surface area (Å²) in [4.78, 5) is 24.1. The third-order valence-electron chi connectivity index (χ3n) is 2.55. The summed E-state index contributed by atoms with van der Waals surface area (Å²) in [7, 11) is 0. The van der Waals surface area contributed by atoms with Crippen molar-refractivity contribution in [1.29, 1.82) is 0 Å². The van der Waals surface area contributed by atoms with Gasteiger partial charge in [0.05, 0.1) is 0 Å². The zero-order chi connectivity index (χ0) is 15.5. The third-order valence-corrected chi connectivity index (χ3v) is 2.55. The average molecular weight is 281 g/mol. The predicted octanol–water partition coefficient (Wildman–Crippen LogP) is 1.81. The quantitative estimate of drug-likeness (QED) is 0.824. The molecule has 1 rings (SSSR count). The minimum Gasteiger partial charge on any atom is -0.458 e. The summed E-state index contributed by atoms with van der Waals surface area (Å²) in [5, 5.41) is 9.24. The Morgan fingerprint density at radius 1 is 1.35 bits per heavy atom. The Kier molecular flexibility index (Phi) is 4.92. The van der Waals surface area contributed by atoms with Crippen LogP contribution in [0.2, 0.25) is 0 Å². The van der Waals surface area contributed by atoms with Crippen molar-refractivity contribution in [2.24, 2.45) is 5.92 Å². The SMILES string of the molecule is Cc1cc(C(=O)N[C@H](C(=O)OC(C)(C)C)C(C)C)n[nH]1. The van der Waals surface area contributed by atoms with E-state index in [1.54, 1.807) is 33.8 Å². The van der Waals surface area contributed by atoms with Gasteiger partial charge in [0.1, 0.15) is 17.3 Å². The van der Waals surface area contributed by atoms with E-state index in [0.29, 0.717) is 0 Å². The number of H-pyrrole nitrogens is 1. The van der Waals surface area contributed by atoms with Crippen LogP contribution < -0.4 is 5.32 Å². The molecule has 0 bridgehead atoms. The third kappa shape index (κ3) is 4.68. The number of nitrogens with one attached hydrogen (secondary N) is 2. The van der Waals surface area contributed by atoms with E-state index in [0.717, 1.165) is 5.69 Å². The van der Waals surface area contributed by atoms with Gasteiger partial charge < -0.3 is 10.1 Å². The van der Waals surface area contributed by atoms with Crippen molar-refractivity contribution in [3.63, 3.8) is 0 Å². The molecule has 0 aliphatic rings. The van der Waals surface area contributed by atoms with Crippen LogP contribution in [-0.4, -0.2) is 33.7 Å². The van der Waals surface area contributed by atoms with Gasteiger partial charge in [0.25, 0.3) is 5.91 Å². The van der Waals surface area contributed by atoms with Crippen molar-refractivity contribution in [2.45, 2.75) is 53.2 Å². The molecular formula is C14H23N3O3. The maximum Gasteiger partial charge on any atom is 0.329 e. The Morgan fingerprint density at radius 3 is 2.35 bits per heavy atom. The number of hydrogen-bond acceptors (Lipinski definition) is 4. The van der Waals surface area contributed by atoms with Crippen molar-refractivity contribution in [3.05, 3.63) is 17.5 Å².